The number of methoxy groups -OCH3 is 1. The second-order valence-electron chi connectivity index (χ2n) is 7.50. The van der Waals surface area contributed by atoms with Crippen LogP contribution in [0.1, 0.15) is 61.1 Å². The lowest BCUT2D eigenvalue weighted by Gasteiger charge is -2.22. The number of ether oxygens (including phenoxy) is 1. The van der Waals surface area contributed by atoms with Crippen molar-refractivity contribution in [1.82, 2.24) is 24.8 Å². The summed E-state index contributed by atoms with van der Waals surface area (Å²) in [5.41, 5.74) is 1.18. The average molecular weight is 347 g/mol. The van der Waals surface area contributed by atoms with Gasteiger partial charge in [0.25, 0.3) is 5.91 Å². The molecule has 0 aromatic carbocycles. The molecule has 1 aliphatic rings. The van der Waals surface area contributed by atoms with E-state index in [0.717, 1.165) is 5.69 Å². The Morgan fingerprint density at radius 2 is 2.08 bits per heavy atom. The minimum atomic E-state index is -0.293. The molecule has 8 heteroatoms. The van der Waals surface area contributed by atoms with Crippen molar-refractivity contribution in [3.05, 3.63) is 29.2 Å². The molecule has 1 amide bonds. The highest BCUT2D eigenvalue weighted by molar-refractivity contribution is 5.93. The molecule has 136 valence electrons. The second kappa shape index (κ2) is 6.25. The van der Waals surface area contributed by atoms with Crippen LogP contribution in [0.4, 0.5) is 0 Å². The zero-order valence-electron chi connectivity index (χ0n) is 15.6. The number of amides is 1. The Balaban J connectivity index is 1.91. The van der Waals surface area contributed by atoms with Crippen LogP contribution in [0.25, 0.3) is 0 Å². The van der Waals surface area contributed by atoms with Gasteiger partial charge >= 0.3 is 0 Å². The largest absolute Gasteiger partial charge is 0.380 e. The number of aromatic nitrogens is 4. The van der Waals surface area contributed by atoms with Crippen molar-refractivity contribution < 1.29 is 14.1 Å². The van der Waals surface area contributed by atoms with Crippen LogP contribution in [0.3, 0.4) is 0 Å². The molecule has 0 spiro atoms. The van der Waals surface area contributed by atoms with Crippen molar-refractivity contribution in [1.29, 1.82) is 0 Å². The topological polar surface area (TPSA) is 86.3 Å². The average Bonchev–Trinajstić information content (AvgIpc) is 3.23. The molecule has 0 aliphatic carbocycles. The van der Waals surface area contributed by atoms with E-state index < -0.39 is 0 Å². The molecule has 3 heterocycles. The molecular formula is C17H25N5O3. The number of carbonyl (C=O) groups excluding carboxylic acids is 1. The zero-order chi connectivity index (χ0) is 18.4. The van der Waals surface area contributed by atoms with E-state index in [1.165, 1.54) is 0 Å². The van der Waals surface area contributed by atoms with Gasteiger partial charge in [-0.1, -0.05) is 5.16 Å². The summed E-state index contributed by atoms with van der Waals surface area (Å²) in [4.78, 5) is 19.1. The maximum Gasteiger partial charge on any atom is 0.275 e. The van der Waals surface area contributed by atoms with Crippen LogP contribution in [0, 0.1) is 13.8 Å². The fraction of sp³-hybridized carbons (Fsp3) is 0.647. The van der Waals surface area contributed by atoms with Crippen LogP contribution in [0.5, 0.6) is 0 Å². The Morgan fingerprint density at radius 3 is 2.60 bits per heavy atom. The number of carbonyl (C=O) groups is 1. The lowest BCUT2D eigenvalue weighted by molar-refractivity contribution is 0.0663. The van der Waals surface area contributed by atoms with Gasteiger partial charge in [0.2, 0.25) is 5.89 Å². The molecule has 25 heavy (non-hydrogen) atoms. The Bertz CT molecular complexity index is 774. The van der Waals surface area contributed by atoms with E-state index in [9.17, 15) is 4.79 Å². The van der Waals surface area contributed by atoms with Crippen molar-refractivity contribution in [2.24, 2.45) is 0 Å². The van der Waals surface area contributed by atoms with Crippen LogP contribution in [-0.4, -0.2) is 50.5 Å². The molecule has 0 bridgehead atoms. The van der Waals surface area contributed by atoms with Crippen molar-refractivity contribution in [3.63, 3.8) is 0 Å². The molecule has 1 saturated heterocycles. The molecule has 3 rings (SSSR count). The number of likely N-dealkylation sites (tertiary alicyclic amines) is 1. The molecule has 2 aromatic heterocycles. The summed E-state index contributed by atoms with van der Waals surface area (Å²) in [6, 6.07) is 1.53. The van der Waals surface area contributed by atoms with Gasteiger partial charge in [0.15, 0.2) is 11.5 Å². The zero-order valence-corrected chi connectivity index (χ0v) is 15.6. The summed E-state index contributed by atoms with van der Waals surface area (Å²) in [5, 5.41) is 8.37. The molecule has 0 unspecified atom stereocenters. The van der Waals surface area contributed by atoms with Crippen LogP contribution in [0.15, 0.2) is 10.6 Å². The summed E-state index contributed by atoms with van der Waals surface area (Å²) >= 11 is 0. The van der Waals surface area contributed by atoms with E-state index in [-0.39, 0.29) is 23.6 Å². The third kappa shape index (κ3) is 3.30. The highest BCUT2D eigenvalue weighted by Crippen LogP contribution is 2.33. The van der Waals surface area contributed by atoms with Crippen molar-refractivity contribution in [2.45, 2.75) is 58.7 Å². The van der Waals surface area contributed by atoms with Gasteiger partial charge in [0.05, 0.1) is 11.6 Å². The fourth-order valence-electron chi connectivity index (χ4n) is 3.28. The molecule has 2 atom stereocenters. The highest BCUT2D eigenvalue weighted by atomic mass is 16.5. The lowest BCUT2D eigenvalue weighted by atomic mass is 10.1. The fourth-order valence-corrected chi connectivity index (χ4v) is 3.28. The Hall–Kier alpha value is -2.22. The third-order valence-electron chi connectivity index (χ3n) is 4.43. The Kier molecular flexibility index (Phi) is 4.40. The summed E-state index contributed by atoms with van der Waals surface area (Å²) in [6.45, 7) is 10.4. The van der Waals surface area contributed by atoms with E-state index in [1.807, 2.05) is 17.7 Å². The predicted molar refractivity (Wildman–Crippen MR) is 90.2 cm³/mol. The standard InChI is InChI=1S/C17H25N5O3/c1-10-7-13(19-22(10)17(3,4)5)16(23)21-9-12(24-6)8-14(21)15-18-11(2)20-25-15/h7,12,14H,8-9H2,1-6H3/t12-,14-/m1/s1. The monoisotopic (exact) mass is 347 g/mol. The van der Waals surface area contributed by atoms with Crippen LogP contribution >= 0.6 is 0 Å². The van der Waals surface area contributed by atoms with Gasteiger partial charge in [-0.25, -0.2) is 0 Å². The van der Waals surface area contributed by atoms with E-state index >= 15 is 0 Å². The Labute approximate surface area is 147 Å². The van der Waals surface area contributed by atoms with Crippen molar-refractivity contribution >= 4 is 5.91 Å². The number of hydrogen-bond acceptors (Lipinski definition) is 6. The molecule has 8 nitrogen and oxygen atoms in total. The first-order chi connectivity index (χ1) is 11.7. The lowest BCUT2D eigenvalue weighted by Crippen LogP contribution is -2.33. The minimum absolute atomic E-state index is 0.0630. The van der Waals surface area contributed by atoms with Crippen LogP contribution in [0.2, 0.25) is 0 Å². The smallest absolute Gasteiger partial charge is 0.275 e. The molecule has 0 radical (unpaired) electrons. The van der Waals surface area contributed by atoms with Gasteiger partial charge in [-0.15, -0.1) is 0 Å². The van der Waals surface area contributed by atoms with Gasteiger partial charge in [-0.05, 0) is 40.7 Å². The van der Waals surface area contributed by atoms with Gasteiger partial charge in [-0.3, -0.25) is 9.48 Å². The minimum Gasteiger partial charge on any atom is -0.380 e. The summed E-state index contributed by atoms with van der Waals surface area (Å²) < 4.78 is 12.6. The maximum absolute atomic E-state index is 13.1. The first kappa shape index (κ1) is 17.6. The highest BCUT2D eigenvalue weighted by Gasteiger charge is 2.40. The Morgan fingerprint density at radius 1 is 1.36 bits per heavy atom. The molecule has 1 aliphatic heterocycles. The normalized spacial score (nSPS) is 21.1. The molecule has 0 N–H and O–H groups in total. The van der Waals surface area contributed by atoms with E-state index in [2.05, 4.69) is 36.0 Å². The van der Waals surface area contributed by atoms with Crippen molar-refractivity contribution in [3.8, 4) is 0 Å². The number of nitrogens with zero attached hydrogens (tertiary/aromatic N) is 5. The second-order valence-corrected chi connectivity index (χ2v) is 7.50. The SMILES string of the molecule is CO[C@@H]1C[C@H](c2nc(C)no2)N(C(=O)c2cc(C)n(C(C)(C)C)n2)C1. The first-order valence-corrected chi connectivity index (χ1v) is 8.42. The van der Waals surface area contributed by atoms with E-state index in [4.69, 9.17) is 9.26 Å². The molecule has 0 saturated carbocycles. The first-order valence-electron chi connectivity index (χ1n) is 8.42. The number of rotatable bonds is 3. The van der Waals surface area contributed by atoms with Crippen molar-refractivity contribution in [2.75, 3.05) is 13.7 Å². The van der Waals surface area contributed by atoms with Crippen LogP contribution < -0.4 is 0 Å². The number of hydrogen-bond donors (Lipinski definition) is 0. The molecule has 1 fully saturated rings. The van der Waals surface area contributed by atoms with Gasteiger partial charge in [0, 0.05) is 25.8 Å². The predicted octanol–water partition coefficient (Wildman–Crippen LogP) is 2.24. The van der Waals surface area contributed by atoms with Gasteiger partial charge in [-0.2, -0.15) is 10.1 Å². The van der Waals surface area contributed by atoms with Gasteiger partial charge in [0.1, 0.15) is 6.04 Å². The molecule has 2 aromatic rings. The number of aryl methyl sites for hydroxylation is 2. The maximum atomic E-state index is 13.1. The third-order valence-corrected chi connectivity index (χ3v) is 4.43. The molecular weight excluding hydrogens is 322 g/mol. The quantitative estimate of drug-likeness (QED) is 0.846. The van der Waals surface area contributed by atoms with Gasteiger partial charge < -0.3 is 14.2 Å². The van der Waals surface area contributed by atoms with Crippen LogP contribution in [-0.2, 0) is 10.3 Å². The summed E-state index contributed by atoms with van der Waals surface area (Å²) in [6.07, 6.45) is 0.565. The summed E-state index contributed by atoms with van der Waals surface area (Å²) in [7, 11) is 1.65. The van der Waals surface area contributed by atoms with E-state index in [0.29, 0.717) is 30.4 Å². The van der Waals surface area contributed by atoms with E-state index in [1.54, 1.807) is 18.9 Å². The summed E-state index contributed by atoms with van der Waals surface area (Å²) in [5.74, 6) is 0.847.